The van der Waals surface area contributed by atoms with Crippen LogP contribution in [0.4, 0.5) is 0 Å². The summed E-state index contributed by atoms with van der Waals surface area (Å²) in [6.45, 7) is 0.355. The first-order valence-electron chi connectivity index (χ1n) is 6.42. The van der Waals surface area contributed by atoms with E-state index in [2.05, 4.69) is 5.32 Å². The van der Waals surface area contributed by atoms with Crippen LogP contribution in [-0.2, 0) is 16.1 Å². The number of methoxy groups -OCH3 is 1. The van der Waals surface area contributed by atoms with Gasteiger partial charge in [-0.15, -0.1) is 0 Å². The van der Waals surface area contributed by atoms with Crippen molar-refractivity contribution in [2.24, 2.45) is 0 Å². The highest BCUT2D eigenvalue weighted by atomic mass is 16.5. The van der Waals surface area contributed by atoms with E-state index in [1.807, 2.05) is 0 Å². The van der Waals surface area contributed by atoms with Gasteiger partial charge in [0.05, 0.1) is 13.2 Å². The molecule has 2 N–H and O–H groups in total. The molecule has 1 aliphatic heterocycles. The number of phenols is 1. The fourth-order valence-electron chi connectivity index (χ4n) is 2.16. The molecule has 0 bridgehead atoms. The number of nitrogens with one attached hydrogen (secondary N) is 1. The molecular weight excluding hydrogens is 260 g/mol. The Morgan fingerprint density at radius 2 is 2.20 bits per heavy atom. The van der Waals surface area contributed by atoms with E-state index in [1.54, 1.807) is 12.1 Å². The third-order valence-electron chi connectivity index (χ3n) is 3.48. The number of likely N-dealkylation sites (N-methyl/N-ethyl adjacent to an activating group) is 1. The van der Waals surface area contributed by atoms with Gasteiger partial charge in [0.15, 0.2) is 0 Å². The summed E-state index contributed by atoms with van der Waals surface area (Å²) in [7, 11) is 3.02. The van der Waals surface area contributed by atoms with Crippen molar-refractivity contribution in [3.63, 3.8) is 0 Å². The first-order chi connectivity index (χ1) is 9.52. The van der Waals surface area contributed by atoms with Crippen molar-refractivity contribution in [3.8, 4) is 11.5 Å². The van der Waals surface area contributed by atoms with Gasteiger partial charge in [-0.25, -0.2) is 0 Å². The summed E-state index contributed by atoms with van der Waals surface area (Å²) in [5, 5.41) is 12.9. The molecule has 1 unspecified atom stereocenters. The van der Waals surface area contributed by atoms with Crippen LogP contribution in [0.3, 0.4) is 0 Å². The van der Waals surface area contributed by atoms with E-state index in [9.17, 15) is 14.7 Å². The van der Waals surface area contributed by atoms with Gasteiger partial charge in [0, 0.05) is 31.6 Å². The van der Waals surface area contributed by atoms with Gasteiger partial charge in [-0.05, 0) is 12.5 Å². The predicted octanol–water partition coefficient (Wildman–Crippen LogP) is 0.638. The first-order valence-corrected chi connectivity index (χ1v) is 6.42. The SMILES string of the molecule is COc1ccc(CNC2CCC(=O)N(C)C2=O)c(O)c1. The molecule has 1 saturated heterocycles. The molecule has 0 aliphatic carbocycles. The second-order valence-corrected chi connectivity index (χ2v) is 4.76. The van der Waals surface area contributed by atoms with Crippen LogP contribution in [0.15, 0.2) is 18.2 Å². The highest BCUT2D eigenvalue weighted by Gasteiger charge is 2.31. The minimum absolute atomic E-state index is 0.115. The summed E-state index contributed by atoms with van der Waals surface area (Å²) < 4.78 is 5.01. The lowest BCUT2D eigenvalue weighted by Gasteiger charge is -2.28. The van der Waals surface area contributed by atoms with Gasteiger partial charge >= 0.3 is 0 Å². The minimum Gasteiger partial charge on any atom is -0.507 e. The molecule has 1 atom stereocenters. The number of piperidine rings is 1. The number of benzene rings is 1. The number of hydrogen-bond donors (Lipinski definition) is 2. The van der Waals surface area contributed by atoms with Gasteiger partial charge in [-0.1, -0.05) is 6.07 Å². The number of rotatable bonds is 4. The quantitative estimate of drug-likeness (QED) is 0.790. The number of hydrogen-bond acceptors (Lipinski definition) is 5. The molecule has 108 valence electrons. The number of aromatic hydroxyl groups is 1. The fraction of sp³-hybridized carbons (Fsp3) is 0.429. The molecule has 1 heterocycles. The van der Waals surface area contributed by atoms with Crippen molar-refractivity contribution < 1.29 is 19.4 Å². The Morgan fingerprint density at radius 3 is 2.85 bits per heavy atom. The Hall–Kier alpha value is -2.08. The van der Waals surface area contributed by atoms with Crippen LogP contribution in [-0.4, -0.2) is 42.0 Å². The van der Waals surface area contributed by atoms with E-state index in [1.165, 1.54) is 20.2 Å². The highest BCUT2D eigenvalue weighted by Crippen LogP contribution is 2.23. The number of phenolic OH excluding ortho intramolecular Hbond substituents is 1. The number of likely N-dealkylation sites (tertiary alicyclic amines) is 1. The molecule has 2 amide bonds. The Balaban J connectivity index is 1.98. The summed E-state index contributed by atoms with van der Waals surface area (Å²) in [6, 6.07) is 4.62. The molecular formula is C14H18N2O4. The fourth-order valence-corrected chi connectivity index (χ4v) is 2.16. The highest BCUT2D eigenvalue weighted by molar-refractivity contribution is 6.00. The molecule has 1 aliphatic rings. The first kappa shape index (κ1) is 14.3. The molecule has 6 nitrogen and oxygen atoms in total. The molecule has 0 radical (unpaired) electrons. The number of carbonyl (C=O) groups is 2. The van der Waals surface area contributed by atoms with Gasteiger partial charge in [0.1, 0.15) is 11.5 Å². The van der Waals surface area contributed by atoms with Crippen molar-refractivity contribution in [1.29, 1.82) is 0 Å². The van der Waals surface area contributed by atoms with Crippen molar-refractivity contribution >= 4 is 11.8 Å². The van der Waals surface area contributed by atoms with Crippen molar-refractivity contribution in [2.75, 3.05) is 14.2 Å². The average Bonchev–Trinajstić information content (AvgIpc) is 2.45. The van der Waals surface area contributed by atoms with Crippen LogP contribution in [0, 0.1) is 0 Å². The lowest BCUT2D eigenvalue weighted by molar-refractivity contribution is -0.148. The molecule has 20 heavy (non-hydrogen) atoms. The summed E-state index contributed by atoms with van der Waals surface area (Å²) in [5.41, 5.74) is 0.679. The Bertz CT molecular complexity index is 530. The van der Waals surface area contributed by atoms with Gasteiger partial charge in [-0.2, -0.15) is 0 Å². The summed E-state index contributed by atoms with van der Waals surface area (Å²) in [6.07, 6.45) is 0.841. The normalized spacial score (nSPS) is 19.3. The van der Waals surface area contributed by atoms with Gasteiger partial charge in [0.2, 0.25) is 11.8 Å². The summed E-state index contributed by atoms with van der Waals surface area (Å²) >= 11 is 0. The van der Waals surface area contributed by atoms with E-state index in [0.717, 1.165) is 4.90 Å². The average molecular weight is 278 g/mol. The molecule has 6 heteroatoms. The smallest absolute Gasteiger partial charge is 0.246 e. The topological polar surface area (TPSA) is 78.9 Å². The molecule has 0 spiro atoms. The van der Waals surface area contributed by atoms with E-state index < -0.39 is 0 Å². The maximum atomic E-state index is 11.9. The molecule has 1 fully saturated rings. The third-order valence-corrected chi connectivity index (χ3v) is 3.48. The molecule has 1 aromatic carbocycles. The van der Waals surface area contributed by atoms with Gasteiger partial charge < -0.3 is 15.2 Å². The molecule has 1 aromatic rings. The van der Waals surface area contributed by atoms with Gasteiger partial charge in [-0.3, -0.25) is 14.5 Å². The van der Waals surface area contributed by atoms with E-state index in [0.29, 0.717) is 30.7 Å². The van der Waals surface area contributed by atoms with Crippen molar-refractivity contribution in [3.05, 3.63) is 23.8 Å². The number of imide groups is 1. The van der Waals surface area contributed by atoms with Crippen LogP contribution in [0.1, 0.15) is 18.4 Å². The molecule has 2 rings (SSSR count). The number of nitrogens with zero attached hydrogens (tertiary/aromatic N) is 1. The lowest BCUT2D eigenvalue weighted by atomic mass is 10.0. The minimum atomic E-state index is -0.390. The van der Waals surface area contributed by atoms with E-state index in [-0.39, 0.29) is 23.6 Å². The monoisotopic (exact) mass is 278 g/mol. The predicted molar refractivity (Wildman–Crippen MR) is 72.3 cm³/mol. The van der Waals surface area contributed by atoms with Crippen LogP contribution in [0.25, 0.3) is 0 Å². The van der Waals surface area contributed by atoms with E-state index in [4.69, 9.17) is 4.74 Å². The lowest BCUT2D eigenvalue weighted by Crippen LogP contribution is -2.51. The second kappa shape index (κ2) is 5.92. The van der Waals surface area contributed by atoms with Crippen LogP contribution in [0.5, 0.6) is 11.5 Å². The van der Waals surface area contributed by atoms with E-state index >= 15 is 0 Å². The molecule has 0 saturated carbocycles. The third kappa shape index (κ3) is 2.91. The maximum absolute atomic E-state index is 11.9. The van der Waals surface area contributed by atoms with Crippen LogP contribution >= 0.6 is 0 Å². The largest absolute Gasteiger partial charge is 0.507 e. The zero-order chi connectivity index (χ0) is 14.7. The van der Waals surface area contributed by atoms with Crippen LogP contribution in [0.2, 0.25) is 0 Å². The Labute approximate surface area is 117 Å². The Kier molecular flexibility index (Phi) is 4.24. The zero-order valence-electron chi connectivity index (χ0n) is 11.5. The maximum Gasteiger partial charge on any atom is 0.246 e. The van der Waals surface area contributed by atoms with Crippen molar-refractivity contribution in [1.82, 2.24) is 10.2 Å². The summed E-state index contributed by atoms with van der Waals surface area (Å²) in [5.74, 6) is 0.310. The number of amides is 2. The van der Waals surface area contributed by atoms with Crippen LogP contribution < -0.4 is 10.1 Å². The second-order valence-electron chi connectivity index (χ2n) is 4.76. The number of carbonyl (C=O) groups excluding carboxylic acids is 2. The summed E-state index contributed by atoms with van der Waals surface area (Å²) in [4.78, 5) is 24.4. The van der Waals surface area contributed by atoms with Crippen molar-refractivity contribution in [2.45, 2.75) is 25.4 Å². The zero-order valence-corrected chi connectivity index (χ0v) is 11.5. The Morgan fingerprint density at radius 1 is 1.45 bits per heavy atom. The van der Waals surface area contributed by atoms with Gasteiger partial charge in [0.25, 0.3) is 0 Å². The standard InChI is InChI=1S/C14H18N2O4/c1-16-13(18)6-5-11(14(16)19)15-8-9-3-4-10(20-2)7-12(9)17/h3-4,7,11,15,17H,5-6,8H2,1-2H3. The molecule has 0 aromatic heterocycles. The number of ether oxygens (including phenoxy) is 1.